The molecule has 0 spiro atoms. The number of pyridine rings is 1. The molecule has 0 saturated heterocycles. The molecule has 2 aromatic rings. The second kappa shape index (κ2) is 6.98. The summed E-state index contributed by atoms with van der Waals surface area (Å²) in [4.78, 5) is 16.7. The smallest absolute Gasteiger partial charge is 0.242 e. The van der Waals surface area contributed by atoms with Crippen LogP contribution < -0.4 is 10.1 Å². The quantitative estimate of drug-likeness (QED) is 0.888. The lowest BCUT2D eigenvalue weighted by Crippen LogP contribution is -2.32. The molecular weight excluding hydrogens is 292 g/mol. The Balaban J connectivity index is 2.29. The molecule has 2 aromatic heterocycles. The number of rotatable bonds is 6. The number of methoxy groups -OCH3 is 1. The fourth-order valence-electron chi connectivity index (χ4n) is 2.79. The fourth-order valence-corrected chi connectivity index (χ4v) is 2.79. The molecule has 23 heavy (non-hydrogen) atoms. The van der Waals surface area contributed by atoms with Crippen molar-refractivity contribution in [3.63, 3.8) is 0 Å². The number of aryl methyl sites for hydroxylation is 3. The SMILES string of the molecule is CC[C@H](C)NC(=O)CCc1c(C)nc2c(c(OC)nn2C)c1C. The third kappa shape index (κ3) is 3.46. The Morgan fingerprint density at radius 2 is 2.09 bits per heavy atom. The van der Waals surface area contributed by atoms with Gasteiger partial charge in [-0.15, -0.1) is 5.10 Å². The maximum Gasteiger partial charge on any atom is 0.242 e. The number of ether oxygens (including phenoxy) is 1. The molecule has 126 valence electrons. The van der Waals surface area contributed by atoms with Crippen LogP contribution in [0.25, 0.3) is 11.0 Å². The van der Waals surface area contributed by atoms with Crippen molar-refractivity contribution in [3.05, 3.63) is 16.8 Å². The number of amides is 1. The van der Waals surface area contributed by atoms with Crippen molar-refractivity contribution >= 4 is 16.9 Å². The maximum absolute atomic E-state index is 12.0. The molecule has 6 nitrogen and oxygen atoms in total. The Kier molecular flexibility index (Phi) is 5.23. The van der Waals surface area contributed by atoms with Crippen LogP contribution in [0, 0.1) is 13.8 Å². The molecule has 0 aromatic carbocycles. The Morgan fingerprint density at radius 1 is 1.39 bits per heavy atom. The predicted octanol–water partition coefficient (Wildman–Crippen LogP) is 2.44. The summed E-state index contributed by atoms with van der Waals surface area (Å²) >= 11 is 0. The number of aromatic nitrogens is 3. The highest BCUT2D eigenvalue weighted by Gasteiger charge is 2.18. The molecule has 0 aliphatic heterocycles. The second-order valence-corrected chi connectivity index (χ2v) is 6.01. The van der Waals surface area contributed by atoms with Crippen LogP contribution in [-0.2, 0) is 18.3 Å². The predicted molar refractivity (Wildman–Crippen MR) is 90.8 cm³/mol. The average Bonchev–Trinajstić information content (AvgIpc) is 2.83. The lowest BCUT2D eigenvalue weighted by atomic mass is 10.00. The molecular formula is C17H26N4O2. The normalized spacial score (nSPS) is 12.4. The van der Waals surface area contributed by atoms with Gasteiger partial charge in [0.2, 0.25) is 11.8 Å². The summed E-state index contributed by atoms with van der Waals surface area (Å²) in [5.41, 5.74) is 3.94. The fraction of sp³-hybridized carbons (Fsp3) is 0.588. The molecule has 0 fully saturated rings. The van der Waals surface area contributed by atoms with Crippen molar-refractivity contribution in [2.45, 2.75) is 53.0 Å². The summed E-state index contributed by atoms with van der Waals surface area (Å²) in [5.74, 6) is 0.661. The van der Waals surface area contributed by atoms with E-state index in [9.17, 15) is 4.79 Å². The van der Waals surface area contributed by atoms with Crippen LogP contribution in [0.1, 0.15) is 43.5 Å². The van der Waals surface area contributed by atoms with Crippen molar-refractivity contribution in [2.75, 3.05) is 7.11 Å². The first kappa shape index (κ1) is 17.2. The lowest BCUT2D eigenvalue weighted by molar-refractivity contribution is -0.121. The van der Waals surface area contributed by atoms with Crippen LogP contribution in [0.15, 0.2) is 0 Å². The van der Waals surface area contributed by atoms with Crippen molar-refractivity contribution < 1.29 is 9.53 Å². The minimum absolute atomic E-state index is 0.0800. The Hall–Kier alpha value is -2.11. The van der Waals surface area contributed by atoms with E-state index in [2.05, 4.69) is 22.3 Å². The van der Waals surface area contributed by atoms with E-state index in [1.54, 1.807) is 11.8 Å². The number of nitrogens with one attached hydrogen (secondary N) is 1. The standard InChI is InChI=1S/C17H26N4O2/c1-7-10(2)18-14(22)9-8-13-11(3)15-16(19-12(13)4)21(5)20-17(15)23-6/h10H,7-9H2,1-6H3,(H,18,22)/t10-/m0/s1. The molecule has 0 bridgehead atoms. The average molecular weight is 318 g/mol. The maximum atomic E-state index is 12.0. The van der Waals surface area contributed by atoms with Crippen LogP contribution in [0.3, 0.4) is 0 Å². The molecule has 6 heteroatoms. The van der Waals surface area contributed by atoms with Crippen LogP contribution in [0.2, 0.25) is 0 Å². The highest BCUT2D eigenvalue weighted by atomic mass is 16.5. The van der Waals surface area contributed by atoms with Crippen molar-refractivity contribution in [1.82, 2.24) is 20.1 Å². The van der Waals surface area contributed by atoms with Gasteiger partial charge in [-0.1, -0.05) is 6.92 Å². The topological polar surface area (TPSA) is 69.0 Å². The molecule has 0 saturated carbocycles. The highest BCUT2D eigenvalue weighted by molar-refractivity contribution is 5.86. The minimum Gasteiger partial charge on any atom is -0.479 e. The zero-order valence-corrected chi connectivity index (χ0v) is 14.9. The monoisotopic (exact) mass is 318 g/mol. The number of carbonyl (C=O) groups is 1. The van der Waals surface area contributed by atoms with Crippen LogP contribution in [0.4, 0.5) is 0 Å². The zero-order valence-electron chi connectivity index (χ0n) is 14.9. The molecule has 1 N–H and O–H groups in total. The lowest BCUT2D eigenvalue weighted by Gasteiger charge is -2.13. The van der Waals surface area contributed by atoms with Crippen molar-refractivity contribution in [1.29, 1.82) is 0 Å². The summed E-state index contributed by atoms with van der Waals surface area (Å²) in [5, 5.41) is 8.28. The van der Waals surface area contributed by atoms with Gasteiger partial charge in [0.25, 0.3) is 0 Å². The van der Waals surface area contributed by atoms with Gasteiger partial charge >= 0.3 is 0 Å². The van der Waals surface area contributed by atoms with Gasteiger partial charge in [0.15, 0.2) is 5.65 Å². The zero-order chi connectivity index (χ0) is 17.1. The molecule has 1 atom stereocenters. The molecule has 0 aliphatic rings. The molecule has 0 radical (unpaired) electrons. The van der Waals surface area contributed by atoms with E-state index in [0.29, 0.717) is 18.7 Å². The first-order valence-corrected chi connectivity index (χ1v) is 8.05. The van der Waals surface area contributed by atoms with E-state index in [4.69, 9.17) is 4.74 Å². The van der Waals surface area contributed by atoms with Gasteiger partial charge in [-0.05, 0) is 44.7 Å². The Labute approximate surface area is 137 Å². The largest absolute Gasteiger partial charge is 0.479 e. The van der Waals surface area contributed by atoms with Crippen LogP contribution in [0.5, 0.6) is 5.88 Å². The second-order valence-electron chi connectivity index (χ2n) is 6.01. The Morgan fingerprint density at radius 3 is 2.70 bits per heavy atom. The van der Waals surface area contributed by atoms with Crippen molar-refractivity contribution in [3.8, 4) is 5.88 Å². The summed E-state index contributed by atoms with van der Waals surface area (Å²) in [6.07, 6.45) is 2.06. The number of hydrogen-bond acceptors (Lipinski definition) is 4. The number of nitrogens with zero attached hydrogens (tertiary/aromatic N) is 3. The first-order valence-electron chi connectivity index (χ1n) is 8.05. The van der Waals surface area contributed by atoms with Gasteiger partial charge in [0.1, 0.15) is 0 Å². The number of fused-ring (bicyclic) bond motifs is 1. The third-order valence-corrected chi connectivity index (χ3v) is 4.34. The van der Waals surface area contributed by atoms with Crippen LogP contribution >= 0.6 is 0 Å². The van der Waals surface area contributed by atoms with E-state index in [0.717, 1.165) is 34.3 Å². The van der Waals surface area contributed by atoms with E-state index >= 15 is 0 Å². The van der Waals surface area contributed by atoms with Gasteiger partial charge in [-0.3, -0.25) is 4.79 Å². The van der Waals surface area contributed by atoms with E-state index in [1.165, 1.54) is 0 Å². The number of carbonyl (C=O) groups excluding carboxylic acids is 1. The van der Waals surface area contributed by atoms with E-state index < -0.39 is 0 Å². The third-order valence-electron chi connectivity index (χ3n) is 4.34. The molecule has 2 heterocycles. The van der Waals surface area contributed by atoms with Gasteiger partial charge < -0.3 is 10.1 Å². The van der Waals surface area contributed by atoms with Gasteiger partial charge in [-0.25, -0.2) is 9.67 Å². The van der Waals surface area contributed by atoms with Gasteiger partial charge in [0.05, 0.1) is 12.5 Å². The van der Waals surface area contributed by atoms with E-state index in [1.807, 2.05) is 27.8 Å². The summed E-state index contributed by atoms with van der Waals surface area (Å²) in [6, 6.07) is 0.212. The highest BCUT2D eigenvalue weighted by Crippen LogP contribution is 2.30. The summed E-state index contributed by atoms with van der Waals surface area (Å²) in [7, 11) is 3.47. The summed E-state index contributed by atoms with van der Waals surface area (Å²) < 4.78 is 7.10. The van der Waals surface area contributed by atoms with E-state index in [-0.39, 0.29) is 11.9 Å². The van der Waals surface area contributed by atoms with Crippen LogP contribution in [-0.4, -0.2) is 33.8 Å². The van der Waals surface area contributed by atoms with Crippen molar-refractivity contribution in [2.24, 2.45) is 7.05 Å². The molecule has 0 unspecified atom stereocenters. The minimum atomic E-state index is 0.0800. The molecule has 1 amide bonds. The molecule has 0 aliphatic carbocycles. The number of hydrogen-bond donors (Lipinski definition) is 1. The van der Waals surface area contributed by atoms with Gasteiger partial charge in [-0.2, -0.15) is 0 Å². The first-order chi connectivity index (χ1) is 10.9. The Bertz CT molecular complexity index is 721. The van der Waals surface area contributed by atoms with Gasteiger partial charge in [0, 0.05) is 25.2 Å². The summed E-state index contributed by atoms with van der Waals surface area (Å²) in [6.45, 7) is 8.10. The molecule has 2 rings (SSSR count).